The van der Waals surface area contributed by atoms with Crippen molar-refractivity contribution in [1.82, 2.24) is 15.1 Å². The van der Waals surface area contributed by atoms with Gasteiger partial charge in [-0.3, -0.25) is 14.9 Å². The predicted octanol–water partition coefficient (Wildman–Crippen LogP) is 6.22. The summed E-state index contributed by atoms with van der Waals surface area (Å²) < 4.78 is 37.6. The molecule has 0 spiro atoms. The molecular weight excluding hydrogens is 607 g/mol. The number of hydrogen-bond donors (Lipinski definition) is 2. The highest BCUT2D eigenvalue weighted by Gasteiger charge is 2.48. The van der Waals surface area contributed by atoms with Gasteiger partial charge in [0.25, 0.3) is 5.69 Å². The number of alkyl halides is 3. The fourth-order valence-corrected chi connectivity index (χ4v) is 9.05. The lowest BCUT2D eigenvalue weighted by Gasteiger charge is -2.32. The Morgan fingerprint density at radius 3 is 1.85 bits per heavy atom. The Balaban J connectivity index is 0.000000117. The van der Waals surface area contributed by atoms with Crippen LogP contribution in [0.3, 0.4) is 0 Å². The number of rotatable bonds is 1. The van der Waals surface area contributed by atoms with Gasteiger partial charge in [0.1, 0.15) is 0 Å². The molecule has 6 unspecified atom stereocenters. The van der Waals surface area contributed by atoms with Crippen LogP contribution in [0.1, 0.15) is 88.2 Å². The second-order valence-electron chi connectivity index (χ2n) is 14.1. The molecular formula is C36H40F3N5O3. The third-order valence-electron chi connectivity index (χ3n) is 11.0. The van der Waals surface area contributed by atoms with Crippen LogP contribution in [0.2, 0.25) is 0 Å². The highest BCUT2D eigenvalue weighted by Crippen LogP contribution is 2.48. The zero-order valence-corrected chi connectivity index (χ0v) is 26.4. The minimum Gasteiger partial charge on any atom is -0.399 e. The van der Waals surface area contributed by atoms with Crippen molar-refractivity contribution in [3.05, 3.63) is 104 Å². The normalized spacial score (nSPS) is 27.8. The van der Waals surface area contributed by atoms with Crippen molar-refractivity contribution in [2.45, 2.75) is 60.9 Å². The maximum Gasteiger partial charge on any atom is 0.471 e. The van der Waals surface area contributed by atoms with E-state index in [9.17, 15) is 28.1 Å². The smallest absolute Gasteiger partial charge is 0.399 e. The number of nitro groups is 1. The molecule has 3 fully saturated rings. The number of amides is 1. The molecule has 3 N–H and O–H groups in total. The molecule has 6 bridgehead atoms. The highest BCUT2D eigenvalue weighted by atomic mass is 19.4. The molecule has 0 saturated carbocycles. The average Bonchev–Trinajstić information content (AvgIpc) is 3.58. The summed E-state index contributed by atoms with van der Waals surface area (Å²) in [6, 6.07) is 19.8. The van der Waals surface area contributed by atoms with Crippen molar-refractivity contribution >= 4 is 17.3 Å². The second kappa shape index (κ2) is 12.2. The van der Waals surface area contributed by atoms with E-state index < -0.39 is 17.0 Å². The van der Waals surface area contributed by atoms with Crippen molar-refractivity contribution in [2.75, 3.05) is 52.0 Å². The molecule has 47 heavy (non-hydrogen) atoms. The van der Waals surface area contributed by atoms with Crippen LogP contribution in [0.15, 0.2) is 60.7 Å². The minimum absolute atomic E-state index is 0.0135. The molecule has 3 aliphatic heterocycles. The summed E-state index contributed by atoms with van der Waals surface area (Å²) in [5.74, 6) is 0.835. The van der Waals surface area contributed by atoms with E-state index in [1.54, 1.807) is 22.8 Å². The first-order valence-electron chi connectivity index (χ1n) is 16.5. The Bertz CT molecular complexity index is 1670. The average molecular weight is 648 g/mol. The third kappa shape index (κ3) is 6.11. The van der Waals surface area contributed by atoms with E-state index in [-0.39, 0.29) is 30.6 Å². The molecule has 6 atom stereocenters. The van der Waals surface area contributed by atoms with E-state index >= 15 is 0 Å². The van der Waals surface area contributed by atoms with Crippen LogP contribution in [0, 0.1) is 10.1 Å². The second-order valence-corrected chi connectivity index (χ2v) is 14.1. The largest absolute Gasteiger partial charge is 0.471 e. The molecule has 3 saturated heterocycles. The number of carbonyl (C=O) groups excluding carboxylic acids is 1. The van der Waals surface area contributed by atoms with Gasteiger partial charge >= 0.3 is 12.1 Å². The van der Waals surface area contributed by atoms with Gasteiger partial charge in [-0.25, -0.2) is 0 Å². The summed E-state index contributed by atoms with van der Waals surface area (Å²) in [7, 11) is 2.22. The number of halogens is 3. The highest BCUT2D eigenvalue weighted by molar-refractivity contribution is 5.82. The minimum atomic E-state index is -4.88. The number of nitrogens with zero attached hydrogens (tertiary/aromatic N) is 3. The molecule has 1 amide bonds. The number of benzene rings is 3. The zero-order valence-electron chi connectivity index (χ0n) is 26.4. The number of likely N-dealkylation sites (tertiary alicyclic amines) is 2. The fourth-order valence-electron chi connectivity index (χ4n) is 9.05. The topological polar surface area (TPSA) is 105 Å². The van der Waals surface area contributed by atoms with Crippen LogP contribution in [-0.4, -0.2) is 73.1 Å². The first kappa shape index (κ1) is 31.6. The lowest BCUT2D eigenvalue weighted by Crippen LogP contribution is -2.46. The van der Waals surface area contributed by atoms with Crippen LogP contribution < -0.4 is 11.1 Å². The van der Waals surface area contributed by atoms with Gasteiger partial charge in [0, 0.05) is 68.9 Å². The van der Waals surface area contributed by atoms with Gasteiger partial charge in [-0.1, -0.05) is 36.4 Å². The van der Waals surface area contributed by atoms with E-state index in [4.69, 9.17) is 5.73 Å². The zero-order chi connectivity index (χ0) is 33.0. The van der Waals surface area contributed by atoms with Gasteiger partial charge < -0.3 is 20.9 Å². The molecule has 3 heterocycles. The Hall–Kier alpha value is -3.96. The lowest BCUT2D eigenvalue weighted by molar-refractivity contribution is -0.384. The van der Waals surface area contributed by atoms with Crippen molar-refractivity contribution in [3.63, 3.8) is 0 Å². The van der Waals surface area contributed by atoms with E-state index in [1.165, 1.54) is 56.7 Å². The summed E-state index contributed by atoms with van der Waals surface area (Å²) in [5, 5.41) is 14.3. The number of nitrogen functional groups attached to an aromatic ring is 1. The number of carbonyl (C=O) groups is 1. The van der Waals surface area contributed by atoms with Crippen molar-refractivity contribution in [2.24, 2.45) is 0 Å². The SMILES string of the molecule is CN1CC2CC(C1)c1cc(N)ccc12.O=C(N1CC2CC(C1)c1cc([N+](=O)[O-])ccc12)C(F)(F)F.c1ccc2c(c1)C1CNCC2C1. The lowest BCUT2D eigenvalue weighted by atomic mass is 9.95. The van der Waals surface area contributed by atoms with E-state index in [1.807, 2.05) is 6.07 Å². The van der Waals surface area contributed by atoms with Crippen molar-refractivity contribution < 1.29 is 22.9 Å². The molecule has 11 heteroatoms. The number of piperidine rings is 3. The van der Waals surface area contributed by atoms with Gasteiger partial charge in [0.15, 0.2) is 0 Å². The molecule has 9 rings (SSSR count). The number of nitrogens with two attached hydrogens (primary N) is 1. The number of anilines is 1. The maximum absolute atomic E-state index is 12.5. The molecule has 0 aromatic heterocycles. The Morgan fingerprint density at radius 1 is 0.766 bits per heavy atom. The Kier molecular flexibility index (Phi) is 8.24. The van der Waals surface area contributed by atoms with Gasteiger partial charge in [0.2, 0.25) is 0 Å². The third-order valence-corrected chi connectivity index (χ3v) is 11.0. The van der Waals surface area contributed by atoms with Crippen LogP contribution in [0.25, 0.3) is 0 Å². The monoisotopic (exact) mass is 647 g/mol. The predicted molar refractivity (Wildman–Crippen MR) is 174 cm³/mol. The van der Waals surface area contributed by atoms with Crippen LogP contribution in [-0.2, 0) is 4.79 Å². The Labute approximate surface area is 272 Å². The van der Waals surface area contributed by atoms with E-state index in [0.29, 0.717) is 12.0 Å². The molecule has 3 aromatic carbocycles. The molecule has 8 nitrogen and oxygen atoms in total. The van der Waals surface area contributed by atoms with Gasteiger partial charge in [-0.2, -0.15) is 13.2 Å². The van der Waals surface area contributed by atoms with Gasteiger partial charge in [-0.15, -0.1) is 0 Å². The number of non-ortho nitro benzene ring substituents is 1. The number of nitrogens with one attached hydrogen (secondary N) is 1. The summed E-state index contributed by atoms with van der Waals surface area (Å²) >= 11 is 0. The van der Waals surface area contributed by atoms with Gasteiger partial charge in [-0.05, 0) is 95.5 Å². The summed E-state index contributed by atoms with van der Waals surface area (Å²) in [5.41, 5.74) is 14.5. The summed E-state index contributed by atoms with van der Waals surface area (Å²) in [6.07, 6.45) is -1.53. The number of fused-ring (bicyclic) bond motifs is 15. The van der Waals surface area contributed by atoms with Gasteiger partial charge in [0.05, 0.1) is 4.92 Å². The fraction of sp³-hybridized carbons (Fsp3) is 0.472. The summed E-state index contributed by atoms with van der Waals surface area (Å²) in [4.78, 5) is 24.9. The van der Waals surface area contributed by atoms with E-state index in [2.05, 4.69) is 53.7 Å². The maximum atomic E-state index is 12.5. The molecule has 0 radical (unpaired) electrons. The first-order chi connectivity index (χ1) is 22.5. The van der Waals surface area contributed by atoms with Crippen molar-refractivity contribution in [3.8, 4) is 0 Å². The summed E-state index contributed by atoms with van der Waals surface area (Å²) in [6.45, 7) is 4.77. The standard InChI is InChI=1S/C13H11F3N2O3.C12H16N2.C11H13N/c14-13(15,16)12(19)17-5-7-3-8(6-17)11-4-9(18(20)21)1-2-10(7)11;1-14-6-8-4-9(7-14)12-5-10(13)2-3-11(8)12;1-2-4-11-9-5-8(6-12-7-9)10(11)3-1/h1-2,4,7-8H,3,5-6H2;2-3,5,8-9H,4,6-7,13H2,1H3;1-4,8-9,12H,5-7H2. The Morgan fingerprint density at radius 2 is 1.26 bits per heavy atom. The molecule has 3 aromatic rings. The molecule has 3 aliphatic carbocycles. The first-order valence-corrected chi connectivity index (χ1v) is 16.5. The number of nitro benzene ring substituents is 1. The van der Waals surface area contributed by atoms with Crippen LogP contribution in [0.5, 0.6) is 0 Å². The quantitative estimate of drug-likeness (QED) is 0.185. The van der Waals surface area contributed by atoms with Crippen molar-refractivity contribution in [1.29, 1.82) is 0 Å². The number of hydrogen-bond acceptors (Lipinski definition) is 6. The molecule has 248 valence electrons. The van der Waals surface area contributed by atoms with E-state index in [0.717, 1.165) is 39.8 Å². The van der Waals surface area contributed by atoms with Crippen LogP contribution >= 0.6 is 0 Å². The number of likely N-dealkylation sites (N-methyl/N-ethyl adjacent to an activating group) is 1. The van der Waals surface area contributed by atoms with Crippen LogP contribution in [0.4, 0.5) is 24.5 Å². The molecule has 6 aliphatic rings.